The van der Waals surface area contributed by atoms with E-state index in [0.29, 0.717) is 13.0 Å². The van der Waals surface area contributed by atoms with Crippen molar-refractivity contribution in [2.24, 2.45) is 5.73 Å². The summed E-state index contributed by atoms with van der Waals surface area (Å²) in [5.41, 5.74) is 6.72. The van der Waals surface area contributed by atoms with Crippen molar-refractivity contribution in [2.45, 2.75) is 37.2 Å². The van der Waals surface area contributed by atoms with E-state index in [4.69, 9.17) is 5.73 Å². The number of rotatable bonds is 6. The Bertz CT molecular complexity index is 355. The highest BCUT2D eigenvalue weighted by atomic mass is 35.5. The molecule has 0 heterocycles. The molecule has 0 saturated heterocycles. The highest BCUT2D eigenvalue weighted by Gasteiger charge is 2.03. The van der Waals surface area contributed by atoms with E-state index in [-0.39, 0.29) is 24.4 Å². The summed E-state index contributed by atoms with van der Waals surface area (Å²) >= 11 is 1.71. The predicted molar refractivity (Wildman–Crippen MR) is 80.2 cm³/mol. The lowest BCUT2D eigenvalue weighted by Crippen LogP contribution is -2.25. The van der Waals surface area contributed by atoms with Gasteiger partial charge in [0.2, 0.25) is 5.91 Å². The topological polar surface area (TPSA) is 55.1 Å². The van der Waals surface area contributed by atoms with Crippen LogP contribution in [0.25, 0.3) is 0 Å². The van der Waals surface area contributed by atoms with Crippen molar-refractivity contribution in [1.82, 2.24) is 5.32 Å². The molecular formula is C13H21ClN2OS. The zero-order chi connectivity index (χ0) is 12.7. The lowest BCUT2D eigenvalue weighted by molar-refractivity contribution is -0.121. The van der Waals surface area contributed by atoms with Crippen LogP contribution in [0.2, 0.25) is 0 Å². The Morgan fingerprint density at radius 2 is 2.00 bits per heavy atom. The number of nitrogens with one attached hydrogen (secondary N) is 1. The third-order valence-electron chi connectivity index (χ3n) is 2.48. The van der Waals surface area contributed by atoms with Crippen molar-refractivity contribution < 1.29 is 4.79 Å². The summed E-state index contributed by atoms with van der Waals surface area (Å²) in [6.45, 7) is 2.50. The highest BCUT2D eigenvalue weighted by Crippen LogP contribution is 2.14. The number of amides is 1. The van der Waals surface area contributed by atoms with Gasteiger partial charge in [0.15, 0.2) is 0 Å². The first-order valence-corrected chi connectivity index (χ1v) is 6.99. The van der Waals surface area contributed by atoms with E-state index in [2.05, 4.69) is 17.4 Å². The molecule has 1 aromatic carbocycles. The van der Waals surface area contributed by atoms with Crippen molar-refractivity contribution in [3.05, 3.63) is 29.8 Å². The van der Waals surface area contributed by atoms with Crippen LogP contribution >= 0.6 is 24.2 Å². The fraction of sp³-hybridized carbons (Fsp3) is 0.462. The van der Waals surface area contributed by atoms with E-state index < -0.39 is 0 Å². The van der Waals surface area contributed by atoms with Gasteiger partial charge in [0.05, 0.1) is 0 Å². The molecule has 1 atom stereocenters. The molecule has 0 fully saturated rings. The molecule has 18 heavy (non-hydrogen) atoms. The zero-order valence-corrected chi connectivity index (χ0v) is 12.4. The number of hydrogen-bond donors (Lipinski definition) is 2. The second-order valence-electron chi connectivity index (χ2n) is 4.14. The molecule has 0 saturated carbocycles. The quantitative estimate of drug-likeness (QED) is 0.791. The molecule has 102 valence electrons. The van der Waals surface area contributed by atoms with E-state index in [1.165, 1.54) is 4.90 Å². The SMILES string of the molecule is CSc1ccc(CNC(=O)CCC(C)N)cc1.Cl. The Morgan fingerprint density at radius 3 is 2.50 bits per heavy atom. The van der Waals surface area contributed by atoms with Crippen LogP contribution in [-0.4, -0.2) is 18.2 Å². The summed E-state index contributed by atoms with van der Waals surface area (Å²) in [6.07, 6.45) is 3.28. The smallest absolute Gasteiger partial charge is 0.220 e. The molecule has 1 unspecified atom stereocenters. The number of thioether (sulfide) groups is 1. The third kappa shape index (κ3) is 6.89. The standard InChI is InChI=1S/C13H20N2OS.ClH/c1-10(14)3-8-13(16)15-9-11-4-6-12(17-2)7-5-11;/h4-7,10H,3,8-9,14H2,1-2H3,(H,15,16);1H. The zero-order valence-electron chi connectivity index (χ0n) is 10.8. The predicted octanol–water partition coefficient (Wildman–Crippen LogP) is 2.57. The summed E-state index contributed by atoms with van der Waals surface area (Å²) < 4.78 is 0. The summed E-state index contributed by atoms with van der Waals surface area (Å²) in [5.74, 6) is 0.0660. The van der Waals surface area contributed by atoms with Crippen LogP contribution in [-0.2, 0) is 11.3 Å². The molecule has 0 radical (unpaired) electrons. The Balaban J connectivity index is 0.00000289. The minimum atomic E-state index is 0. The van der Waals surface area contributed by atoms with Crippen LogP contribution in [0.4, 0.5) is 0 Å². The van der Waals surface area contributed by atoms with Gasteiger partial charge in [0.25, 0.3) is 0 Å². The summed E-state index contributed by atoms with van der Waals surface area (Å²) in [5, 5.41) is 2.89. The molecule has 3 N–H and O–H groups in total. The summed E-state index contributed by atoms with van der Waals surface area (Å²) in [6, 6.07) is 8.29. The van der Waals surface area contributed by atoms with Crippen molar-refractivity contribution >= 4 is 30.1 Å². The Labute approximate surface area is 119 Å². The van der Waals surface area contributed by atoms with Crippen LogP contribution < -0.4 is 11.1 Å². The maximum Gasteiger partial charge on any atom is 0.220 e. The summed E-state index contributed by atoms with van der Waals surface area (Å²) in [7, 11) is 0. The normalized spacial score (nSPS) is 11.5. The third-order valence-corrected chi connectivity index (χ3v) is 3.22. The van der Waals surface area contributed by atoms with Crippen molar-refractivity contribution in [2.75, 3.05) is 6.26 Å². The van der Waals surface area contributed by atoms with Gasteiger partial charge in [-0.05, 0) is 37.3 Å². The molecular weight excluding hydrogens is 268 g/mol. The maximum absolute atomic E-state index is 11.5. The number of carbonyl (C=O) groups excluding carboxylic acids is 1. The molecule has 1 rings (SSSR count). The molecule has 1 amide bonds. The first kappa shape index (κ1) is 17.3. The van der Waals surface area contributed by atoms with Crippen LogP contribution in [0.1, 0.15) is 25.3 Å². The first-order chi connectivity index (χ1) is 8.11. The average molecular weight is 289 g/mol. The van der Waals surface area contributed by atoms with E-state index in [0.717, 1.165) is 12.0 Å². The molecule has 0 aliphatic rings. The monoisotopic (exact) mass is 288 g/mol. The lowest BCUT2D eigenvalue weighted by Gasteiger charge is -2.07. The molecule has 0 aliphatic heterocycles. The molecule has 0 aromatic heterocycles. The van der Waals surface area contributed by atoms with E-state index in [1.807, 2.05) is 25.3 Å². The number of halogens is 1. The maximum atomic E-state index is 11.5. The van der Waals surface area contributed by atoms with E-state index in [9.17, 15) is 4.79 Å². The van der Waals surface area contributed by atoms with Gasteiger partial charge in [0.1, 0.15) is 0 Å². The first-order valence-electron chi connectivity index (χ1n) is 5.77. The lowest BCUT2D eigenvalue weighted by atomic mass is 10.2. The molecule has 0 bridgehead atoms. The largest absolute Gasteiger partial charge is 0.352 e. The van der Waals surface area contributed by atoms with Crippen molar-refractivity contribution in [1.29, 1.82) is 0 Å². The fourth-order valence-corrected chi connectivity index (χ4v) is 1.80. The Morgan fingerprint density at radius 1 is 1.39 bits per heavy atom. The van der Waals surface area contributed by atoms with Gasteiger partial charge >= 0.3 is 0 Å². The second kappa shape index (κ2) is 9.25. The van der Waals surface area contributed by atoms with Crippen LogP contribution in [0, 0.1) is 0 Å². The Hall–Kier alpha value is -0.710. The van der Waals surface area contributed by atoms with Crippen LogP contribution in [0.3, 0.4) is 0 Å². The van der Waals surface area contributed by atoms with Gasteiger partial charge in [-0.25, -0.2) is 0 Å². The number of nitrogens with two attached hydrogens (primary N) is 1. The number of benzene rings is 1. The van der Waals surface area contributed by atoms with Crippen LogP contribution in [0.15, 0.2) is 29.2 Å². The van der Waals surface area contributed by atoms with Crippen molar-refractivity contribution in [3.8, 4) is 0 Å². The molecule has 1 aromatic rings. The minimum Gasteiger partial charge on any atom is -0.352 e. The second-order valence-corrected chi connectivity index (χ2v) is 5.02. The number of carbonyl (C=O) groups is 1. The van der Waals surface area contributed by atoms with Crippen molar-refractivity contribution in [3.63, 3.8) is 0 Å². The number of hydrogen-bond acceptors (Lipinski definition) is 3. The van der Waals surface area contributed by atoms with Gasteiger partial charge in [-0.3, -0.25) is 4.79 Å². The Kier molecular flexibility index (Phi) is 8.89. The fourth-order valence-electron chi connectivity index (χ4n) is 1.39. The van der Waals surface area contributed by atoms with E-state index in [1.54, 1.807) is 11.8 Å². The van der Waals surface area contributed by atoms with E-state index >= 15 is 0 Å². The van der Waals surface area contributed by atoms with Gasteiger partial charge in [-0.15, -0.1) is 24.2 Å². The van der Waals surface area contributed by atoms with Gasteiger partial charge in [-0.2, -0.15) is 0 Å². The average Bonchev–Trinajstić information content (AvgIpc) is 2.34. The van der Waals surface area contributed by atoms with Crippen LogP contribution in [0.5, 0.6) is 0 Å². The van der Waals surface area contributed by atoms with Gasteiger partial charge in [-0.1, -0.05) is 12.1 Å². The summed E-state index contributed by atoms with van der Waals surface area (Å²) in [4.78, 5) is 12.7. The molecule has 3 nitrogen and oxygen atoms in total. The molecule has 0 aliphatic carbocycles. The minimum absolute atomic E-state index is 0. The van der Waals surface area contributed by atoms with Gasteiger partial charge < -0.3 is 11.1 Å². The molecule has 0 spiro atoms. The van der Waals surface area contributed by atoms with Gasteiger partial charge in [0, 0.05) is 23.9 Å². The highest BCUT2D eigenvalue weighted by molar-refractivity contribution is 7.98. The molecule has 5 heteroatoms.